The van der Waals surface area contributed by atoms with Crippen LogP contribution in [0.3, 0.4) is 0 Å². The number of amides is 1. The third kappa shape index (κ3) is 5.36. The number of carbonyl (C=O) groups excluding carboxylic acids is 1. The maximum absolute atomic E-state index is 11.1. The van der Waals surface area contributed by atoms with E-state index >= 15 is 0 Å². The summed E-state index contributed by atoms with van der Waals surface area (Å²) in [4.78, 5) is 22.4. The van der Waals surface area contributed by atoms with Crippen LogP contribution in [0.15, 0.2) is 60.8 Å². The van der Waals surface area contributed by atoms with Crippen LogP contribution in [0.5, 0.6) is 11.5 Å². The lowest BCUT2D eigenvalue weighted by Crippen LogP contribution is -2.66. The Morgan fingerprint density at radius 2 is 1.59 bits per heavy atom. The van der Waals surface area contributed by atoms with Gasteiger partial charge in [-0.3, -0.25) is 0 Å². The van der Waals surface area contributed by atoms with E-state index in [-0.39, 0.29) is 5.41 Å². The van der Waals surface area contributed by atoms with Crippen molar-refractivity contribution in [2.45, 2.75) is 44.3 Å². The number of rotatable bonds is 10. The Balaban J connectivity index is 1.03. The van der Waals surface area contributed by atoms with Crippen molar-refractivity contribution in [3.05, 3.63) is 77.6 Å². The number of benzene rings is 2. The van der Waals surface area contributed by atoms with E-state index in [4.69, 9.17) is 29.7 Å². The molecule has 1 saturated carbocycles. The molecule has 2 saturated heterocycles. The van der Waals surface area contributed by atoms with Crippen LogP contribution in [0.1, 0.15) is 43.5 Å². The van der Waals surface area contributed by atoms with Gasteiger partial charge in [0.2, 0.25) is 5.95 Å². The molecule has 2 aliphatic heterocycles. The summed E-state index contributed by atoms with van der Waals surface area (Å²) in [6, 6.07) is 18.1. The van der Waals surface area contributed by atoms with Crippen LogP contribution < -0.4 is 20.1 Å². The molecule has 0 atom stereocenters. The van der Waals surface area contributed by atoms with Gasteiger partial charge in [0.1, 0.15) is 30.3 Å². The van der Waals surface area contributed by atoms with Crippen molar-refractivity contribution in [2.24, 2.45) is 11.1 Å². The quantitative estimate of drug-likeness (QED) is 0.415. The number of anilines is 1. The molecule has 1 aromatic heterocycles. The third-order valence-corrected chi connectivity index (χ3v) is 8.02. The SMILES string of the molecule is CC(C)(c1ccc(OCc2ccnc(N3CC4(COC4)C3)n2)cc1)c1ccc(OCC2(OC(N)=O)CC2)cc1. The van der Waals surface area contributed by atoms with Crippen molar-refractivity contribution in [1.29, 1.82) is 0 Å². The molecule has 9 nitrogen and oxygen atoms in total. The fourth-order valence-electron chi connectivity index (χ4n) is 5.20. The molecule has 1 spiro atoms. The number of ether oxygens (including phenoxy) is 4. The summed E-state index contributed by atoms with van der Waals surface area (Å²) >= 11 is 0. The first-order valence-corrected chi connectivity index (χ1v) is 13.3. The monoisotopic (exact) mass is 530 g/mol. The summed E-state index contributed by atoms with van der Waals surface area (Å²) < 4.78 is 22.4. The Morgan fingerprint density at radius 3 is 2.13 bits per heavy atom. The highest BCUT2D eigenvalue weighted by atomic mass is 16.6. The van der Waals surface area contributed by atoms with Gasteiger partial charge in [0.15, 0.2) is 0 Å². The third-order valence-electron chi connectivity index (χ3n) is 8.02. The Hall–Kier alpha value is -3.85. The van der Waals surface area contributed by atoms with Gasteiger partial charge in [-0.2, -0.15) is 0 Å². The van der Waals surface area contributed by atoms with Gasteiger partial charge in [0.05, 0.1) is 24.3 Å². The molecule has 39 heavy (non-hydrogen) atoms. The van der Waals surface area contributed by atoms with Crippen molar-refractivity contribution in [3.8, 4) is 11.5 Å². The molecule has 3 aliphatic rings. The minimum absolute atomic E-state index is 0.217. The number of hydrogen-bond donors (Lipinski definition) is 1. The summed E-state index contributed by atoms with van der Waals surface area (Å²) in [5, 5.41) is 0. The number of nitrogens with zero attached hydrogens (tertiary/aromatic N) is 3. The molecule has 6 rings (SSSR count). The zero-order chi connectivity index (χ0) is 27.1. The largest absolute Gasteiger partial charge is 0.489 e. The predicted octanol–water partition coefficient (Wildman–Crippen LogP) is 4.22. The molecule has 0 unspecified atom stereocenters. The maximum atomic E-state index is 11.1. The average Bonchev–Trinajstić information content (AvgIpc) is 3.64. The summed E-state index contributed by atoms with van der Waals surface area (Å²) in [7, 11) is 0. The van der Waals surface area contributed by atoms with Gasteiger partial charge in [-0.15, -0.1) is 0 Å². The topological polar surface area (TPSA) is 109 Å². The zero-order valence-electron chi connectivity index (χ0n) is 22.4. The number of carbonyl (C=O) groups is 1. The number of aromatic nitrogens is 2. The Morgan fingerprint density at radius 1 is 0.974 bits per heavy atom. The van der Waals surface area contributed by atoms with E-state index in [1.807, 2.05) is 30.3 Å². The minimum Gasteiger partial charge on any atom is -0.489 e. The van der Waals surface area contributed by atoms with E-state index in [0.29, 0.717) is 18.6 Å². The van der Waals surface area contributed by atoms with E-state index in [1.165, 1.54) is 5.56 Å². The number of primary amides is 1. The van der Waals surface area contributed by atoms with E-state index in [2.05, 4.69) is 48.0 Å². The van der Waals surface area contributed by atoms with Crippen molar-refractivity contribution in [1.82, 2.24) is 9.97 Å². The van der Waals surface area contributed by atoms with Crippen LogP contribution in [-0.2, 0) is 21.5 Å². The van der Waals surface area contributed by atoms with Crippen LogP contribution in [0, 0.1) is 5.41 Å². The van der Waals surface area contributed by atoms with Crippen molar-refractivity contribution < 1.29 is 23.7 Å². The second-order valence-corrected chi connectivity index (χ2v) is 11.6. The summed E-state index contributed by atoms with van der Waals surface area (Å²) in [5.74, 6) is 2.28. The first-order valence-electron chi connectivity index (χ1n) is 13.3. The van der Waals surface area contributed by atoms with Gasteiger partial charge in [0.25, 0.3) is 0 Å². The van der Waals surface area contributed by atoms with Crippen LogP contribution in [0.4, 0.5) is 10.7 Å². The standard InChI is InChI=1S/C30H34N4O5/c1-28(2,22-5-9-25(10-6-22)38-20-30(12-13-30)39-26(31)35)21-3-7-24(8-4-21)37-15-23-11-14-32-27(33-23)34-16-29(17-34)18-36-19-29/h3-11,14H,12-13,15-20H2,1-2H3,(H2,31,35). The summed E-state index contributed by atoms with van der Waals surface area (Å²) in [6.07, 6.45) is 2.59. The molecule has 3 fully saturated rings. The van der Waals surface area contributed by atoms with Gasteiger partial charge in [-0.05, 0) is 54.3 Å². The molecule has 0 radical (unpaired) electrons. The lowest BCUT2D eigenvalue weighted by atomic mass is 9.78. The molecule has 0 bridgehead atoms. The van der Waals surface area contributed by atoms with Gasteiger partial charge in [-0.1, -0.05) is 38.1 Å². The smallest absolute Gasteiger partial charge is 0.405 e. The van der Waals surface area contributed by atoms with Crippen LogP contribution in [0.25, 0.3) is 0 Å². The normalized spacial score (nSPS) is 18.6. The molecule has 2 N–H and O–H groups in total. The fraction of sp³-hybridized carbons (Fsp3) is 0.433. The number of hydrogen-bond acceptors (Lipinski definition) is 8. The second-order valence-electron chi connectivity index (χ2n) is 11.6. The molecule has 2 aromatic carbocycles. The van der Waals surface area contributed by atoms with Gasteiger partial charge < -0.3 is 29.6 Å². The zero-order valence-corrected chi connectivity index (χ0v) is 22.4. The maximum Gasteiger partial charge on any atom is 0.405 e. The van der Waals surface area contributed by atoms with Gasteiger partial charge in [-0.25, -0.2) is 14.8 Å². The van der Waals surface area contributed by atoms with E-state index in [9.17, 15) is 4.79 Å². The molecule has 1 aliphatic carbocycles. The van der Waals surface area contributed by atoms with Crippen molar-refractivity contribution in [3.63, 3.8) is 0 Å². The van der Waals surface area contributed by atoms with Crippen LogP contribution in [0.2, 0.25) is 0 Å². The predicted molar refractivity (Wildman–Crippen MR) is 145 cm³/mol. The van der Waals surface area contributed by atoms with Gasteiger partial charge in [0, 0.05) is 24.7 Å². The Bertz CT molecular complexity index is 1330. The Kier molecular flexibility index (Phi) is 6.33. The molecule has 204 valence electrons. The number of nitrogens with two attached hydrogens (primary N) is 1. The molecule has 3 aromatic rings. The van der Waals surface area contributed by atoms with E-state index < -0.39 is 11.7 Å². The van der Waals surface area contributed by atoms with Gasteiger partial charge >= 0.3 is 6.09 Å². The lowest BCUT2D eigenvalue weighted by Gasteiger charge is -2.54. The Labute approximate surface area is 228 Å². The highest BCUT2D eigenvalue weighted by Gasteiger charge is 2.50. The first-order chi connectivity index (χ1) is 18.7. The molecule has 1 amide bonds. The molecular weight excluding hydrogens is 496 g/mol. The average molecular weight is 531 g/mol. The molecule has 9 heteroatoms. The minimum atomic E-state index is -0.757. The molecular formula is C30H34N4O5. The first kappa shape index (κ1) is 25.4. The van der Waals surface area contributed by atoms with Crippen molar-refractivity contribution in [2.75, 3.05) is 37.8 Å². The van der Waals surface area contributed by atoms with E-state index in [1.54, 1.807) is 6.20 Å². The second kappa shape index (κ2) is 9.72. The summed E-state index contributed by atoms with van der Waals surface area (Å²) in [5.41, 5.74) is 7.89. The molecule has 3 heterocycles. The highest BCUT2D eigenvalue weighted by Crippen LogP contribution is 2.41. The van der Waals surface area contributed by atoms with E-state index in [0.717, 1.165) is 67.8 Å². The van der Waals surface area contributed by atoms with Crippen LogP contribution >= 0.6 is 0 Å². The summed E-state index contributed by atoms with van der Waals surface area (Å²) in [6.45, 7) is 8.67. The lowest BCUT2D eigenvalue weighted by molar-refractivity contribution is -0.127. The fourth-order valence-corrected chi connectivity index (χ4v) is 5.20. The highest BCUT2D eigenvalue weighted by molar-refractivity contribution is 5.65. The van der Waals surface area contributed by atoms with Crippen LogP contribution in [-0.4, -0.2) is 54.6 Å². The van der Waals surface area contributed by atoms with Crippen molar-refractivity contribution >= 4 is 12.0 Å².